The lowest BCUT2D eigenvalue weighted by Crippen LogP contribution is -2.48. The quantitative estimate of drug-likeness (QED) is 0.188. The summed E-state index contributed by atoms with van der Waals surface area (Å²) >= 11 is 0. The lowest BCUT2D eigenvalue weighted by Gasteiger charge is -2.26. The van der Waals surface area contributed by atoms with Crippen LogP contribution in [0.1, 0.15) is 58.8 Å². The first-order valence-electron chi connectivity index (χ1n) is 16.1. The van der Waals surface area contributed by atoms with E-state index in [4.69, 9.17) is 9.15 Å². The van der Waals surface area contributed by atoms with Gasteiger partial charge in [-0.1, -0.05) is 25.1 Å². The number of hydrogen-bond acceptors (Lipinski definition) is 7. The van der Waals surface area contributed by atoms with Gasteiger partial charge in [-0.2, -0.15) is 13.2 Å². The van der Waals surface area contributed by atoms with E-state index in [0.717, 1.165) is 50.0 Å². The average molecular weight is 669 g/mol. The van der Waals surface area contributed by atoms with Crippen molar-refractivity contribution in [2.45, 2.75) is 64.0 Å². The molecule has 48 heavy (non-hydrogen) atoms. The molecule has 256 valence electrons. The lowest BCUT2D eigenvalue weighted by atomic mass is 9.99. The minimum Gasteiger partial charge on any atom is -0.493 e. The van der Waals surface area contributed by atoms with E-state index in [1.165, 1.54) is 30.7 Å². The molecular formula is C36H40F4N4O4. The van der Waals surface area contributed by atoms with Gasteiger partial charge >= 0.3 is 6.18 Å². The highest BCUT2D eigenvalue weighted by atomic mass is 19.4. The molecule has 1 aliphatic heterocycles. The molecule has 4 bridgehead atoms. The predicted octanol–water partition coefficient (Wildman–Crippen LogP) is 6.38. The molecule has 8 nitrogen and oxygen atoms in total. The fraction of sp³-hybridized carbons (Fsp3) is 0.389. The number of aromatic nitrogens is 1. The molecule has 12 heteroatoms. The normalized spacial score (nSPS) is 17.3. The fourth-order valence-electron chi connectivity index (χ4n) is 5.85. The molecule has 0 spiro atoms. The number of carbonyl (C=O) groups is 1. The Kier molecular flexibility index (Phi) is 11.9. The number of rotatable bonds is 8. The Morgan fingerprint density at radius 3 is 2.69 bits per heavy atom. The molecular weight excluding hydrogens is 628 g/mol. The number of benzene rings is 3. The van der Waals surface area contributed by atoms with Crippen molar-refractivity contribution >= 4 is 5.91 Å². The summed E-state index contributed by atoms with van der Waals surface area (Å²) in [6.45, 7) is 4.73. The van der Waals surface area contributed by atoms with Crippen LogP contribution in [-0.4, -0.2) is 59.3 Å². The number of nitrogens with one attached hydrogen (secondary N) is 2. The summed E-state index contributed by atoms with van der Waals surface area (Å²) in [5.74, 6) is -0.270. The molecule has 0 saturated heterocycles. The van der Waals surface area contributed by atoms with E-state index in [-0.39, 0.29) is 19.5 Å². The van der Waals surface area contributed by atoms with E-state index in [2.05, 4.69) is 27.4 Å². The van der Waals surface area contributed by atoms with E-state index < -0.39 is 35.6 Å². The van der Waals surface area contributed by atoms with Gasteiger partial charge in [-0.3, -0.25) is 9.69 Å². The van der Waals surface area contributed by atoms with E-state index in [0.29, 0.717) is 47.0 Å². The number of oxazole rings is 1. The van der Waals surface area contributed by atoms with Gasteiger partial charge in [0.1, 0.15) is 17.8 Å². The van der Waals surface area contributed by atoms with Crippen molar-refractivity contribution in [1.29, 1.82) is 0 Å². The van der Waals surface area contributed by atoms with Crippen LogP contribution in [0.4, 0.5) is 17.6 Å². The van der Waals surface area contributed by atoms with Crippen molar-refractivity contribution < 1.29 is 36.6 Å². The topological polar surface area (TPSA) is 99.9 Å². The second-order valence-electron chi connectivity index (χ2n) is 12.1. The predicted molar refractivity (Wildman–Crippen MR) is 173 cm³/mol. The fourth-order valence-corrected chi connectivity index (χ4v) is 5.85. The molecule has 3 N–H and O–H groups in total. The third-order valence-electron chi connectivity index (χ3n) is 8.12. The molecule has 1 aliphatic rings. The minimum atomic E-state index is -4.48. The SMILES string of the molecule is CCCN1CCCCOc2cc(F)cc(c2)C[C@@H]([C@H](O)CNCc2cccc(C(F)(F)F)c2)NC(=O)c2cc(cc(-c3ncco3)c2)C1. The van der Waals surface area contributed by atoms with Crippen LogP contribution in [0.15, 0.2) is 77.5 Å². The lowest BCUT2D eigenvalue weighted by molar-refractivity contribution is -0.137. The van der Waals surface area contributed by atoms with Gasteiger partial charge in [0, 0.05) is 36.8 Å². The molecule has 2 heterocycles. The first kappa shape index (κ1) is 35.1. The van der Waals surface area contributed by atoms with Crippen molar-refractivity contribution in [3.8, 4) is 17.2 Å². The van der Waals surface area contributed by atoms with Crippen LogP contribution in [0.5, 0.6) is 5.75 Å². The van der Waals surface area contributed by atoms with E-state index >= 15 is 0 Å². The van der Waals surface area contributed by atoms with Crippen LogP contribution in [0.2, 0.25) is 0 Å². The van der Waals surface area contributed by atoms with Crippen LogP contribution in [0, 0.1) is 5.82 Å². The molecule has 0 saturated carbocycles. The van der Waals surface area contributed by atoms with Crippen LogP contribution < -0.4 is 15.4 Å². The van der Waals surface area contributed by atoms with Gasteiger partial charge in [-0.15, -0.1) is 0 Å². The van der Waals surface area contributed by atoms with Gasteiger partial charge in [0.05, 0.1) is 30.5 Å². The Morgan fingerprint density at radius 1 is 1.08 bits per heavy atom. The van der Waals surface area contributed by atoms with Crippen LogP contribution in [0.3, 0.4) is 0 Å². The number of nitrogens with zero attached hydrogens (tertiary/aromatic N) is 2. The van der Waals surface area contributed by atoms with Crippen molar-refractivity contribution in [1.82, 2.24) is 20.5 Å². The van der Waals surface area contributed by atoms with Gasteiger partial charge in [-0.25, -0.2) is 9.37 Å². The number of fused-ring (bicyclic) bond motifs is 4. The minimum absolute atomic E-state index is 0.0510. The Labute approximate surface area is 277 Å². The van der Waals surface area contributed by atoms with Crippen molar-refractivity contribution in [3.05, 3.63) is 107 Å². The standard InChI is InChI=1S/C36H40F4N4O4/c1-2-9-44-10-3-4-11-47-31-17-25(16-30(37)20-31)18-32(33(45)22-41-21-24-6-5-7-29(15-24)36(38,39)40)43-34(46)27-13-26(23-44)14-28(19-27)35-42-8-12-48-35/h5-8,12-17,19-20,32-33,41,45H,2-4,9-11,18,21-23H2,1H3,(H,43,46)/t32-,33+/m0/s1. The molecule has 4 aromatic rings. The molecule has 0 radical (unpaired) electrons. The largest absolute Gasteiger partial charge is 0.493 e. The zero-order chi connectivity index (χ0) is 34.1. The molecule has 3 aromatic carbocycles. The Morgan fingerprint density at radius 2 is 1.92 bits per heavy atom. The van der Waals surface area contributed by atoms with Crippen LogP contribution in [0.25, 0.3) is 11.5 Å². The highest BCUT2D eigenvalue weighted by molar-refractivity contribution is 5.95. The summed E-state index contributed by atoms with van der Waals surface area (Å²) < 4.78 is 65.8. The average Bonchev–Trinajstić information content (AvgIpc) is 3.59. The zero-order valence-electron chi connectivity index (χ0n) is 26.7. The molecule has 0 fully saturated rings. The van der Waals surface area contributed by atoms with Gasteiger partial charge < -0.3 is 24.9 Å². The molecule has 0 unspecified atom stereocenters. The number of halogens is 4. The van der Waals surface area contributed by atoms with Gasteiger partial charge in [0.2, 0.25) is 5.89 Å². The number of alkyl halides is 3. The Bertz CT molecular complexity index is 1650. The number of ether oxygens (including phenoxy) is 1. The molecule has 1 aromatic heterocycles. The maximum absolute atomic E-state index is 14.7. The van der Waals surface area contributed by atoms with E-state index in [1.54, 1.807) is 24.3 Å². The zero-order valence-corrected chi connectivity index (χ0v) is 26.7. The van der Waals surface area contributed by atoms with E-state index in [9.17, 15) is 27.5 Å². The van der Waals surface area contributed by atoms with Crippen LogP contribution in [-0.2, 0) is 25.7 Å². The highest BCUT2D eigenvalue weighted by Crippen LogP contribution is 2.29. The highest BCUT2D eigenvalue weighted by Gasteiger charge is 2.30. The van der Waals surface area contributed by atoms with Gasteiger partial charge in [0.25, 0.3) is 5.91 Å². The van der Waals surface area contributed by atoms with Crippen molar-refractivity contribution in [2.24, 2.45) is 0 Å². The maximum atomic E-state index is 14.7. The van der Waals surface area contributed by atoms with Crippen molar-refractivity contribution in [3.63, 3.8) is 0 Å². The van der Waals surface area contributed by atoms with Crippen LogP contribution >= 0.6 is 0 Å². The summed E-state index contributed by atoms with van der Waals surface area (Å²) in [6, 6.07) is 13.8. The third-order valence-corrected chi connectivity index (χ3v) is 8.12. The Hall–Kier alpha value is -4.26. The smallest absolute Gasteiger partial charge is 0.416 e. The first-order chi connectivity index (χ1) is 23.1. The number of amides is 1. The number of carbonyl (C=O) groups excluding carboxylic acids is 1. The number of aliphatic hydroxyl groups is 1. The van der Waals surface area contributed by atoms with E-state index in [1.807, 2.05) is 6.07 Å². The summed E-state index contributed by atoms with van der Waals surface area (Å²) in [5, 5.41) is 17.3. The second kappa shape index (κ2) is 16.2. The molecule has 1 amide bonds. The van der Waals surface area contributed by atoms with Gasteiger partial charge in [-0.05, 0) is 91.9 Å². The second-order valence-corrected chi connectivity index (χ2v) is 12.1. The Balaban J connectivity index is 1.43. The molecule has 5 rings (SSSR count). The maximum Gasteiger partial charge on any atom is 0.416 e. The summed E-state index contributed by atoms with van der Waals surface area (Å²) in [7, 11) is 0. The third kappa shape index (κ3) is 9.88. The summed E-state index contributed by atoms with van der Waals surface area (Å²) in [6.07, 6.45) is -0.0670. The first-order valence-corrected chi connectivity index (χ1v) is 16.1. The summed E-state index contributed by atoms with van der Waals surface area (Å²) in [4.78, 5) is 20.4. The summed E-state index contributed by atoms with van der Waals surface area (Å²) in [5.41, 5.74) is 1.96. The molecule has 2 atom stereocenters. The number of aliphatic hydroxyl groups excluding tert-OH is 1. The molecule has 0 aliphatic carbocycles. The monoisotopic (exact) mass is 668 g/mol. The number of hydrogen-bond donors (Lipinski definition) is 3. The van der Waals surface area contributed by atoms with Gasteiger partial charge in [0.15, 0.2) is 0 Å². The van der Waals surface area contributed by atoms with Crippen molar-refractivity contribution in [2.75, 3.05) is 26.2 Å².